The van der Waals surface area contributed by atoms with Crippen LogP contribution in [0.1, 0.15) is 33.4 Å². The zero-order valence-corrected chi connectivity index (χ0v) is 21.5. The van der Waals surface area contributed by atoms with Gasteiger partial charge in [-0.1, -0.05) is 54.2 Å². The number of aliphatic imine (C=N–C) groups is 1. The Hall–Kier alpha value is -3.51. The Kier molecular flexibility index (Phi) is 4.53. The summed E-state index contributed by atoms with van der Waals surface area (Å²) in [6.07, 6.45) is 1.93. The number of hydrogen-bond acceptors (Lipinski definition) is 5. The lowest BCUT2D eigenvalue weighted by Gasteiger charge is -2.33. The van der Waals surface area contributed by atoms with E-state index in [-0.39, 0.29) is 17.0 Å². The summed E-state index contributed by atoms with van der Waals surface area (Å²) in [6.45, 7) is 8.94. The lowest BCUT2D eigenvalue weighted by atomic mass is 9.35. The van der Waals surface area contributed by atoms with Crippen molar-refractivity contribution in [2.45, 2.75) is 38.0 Å². The van der Waals surface area contributed by atoms with Gasteiger partial charge in [-0.25, -0.2) is 0 Å². The molecule has 6 heteroatoms. The van der Waals surface area contributed by atoms with Crippen molar-refractivity contribution in [3.8, 4) is 34.1 Å². The zero-order chi connectivity index (χ0) is 24.7. The second-order valence-corrected chi connectivity index (χ2v) is 12.2. The van der Waals surface area contributed by atoms with Gasteiger partial charge in [0.25, 0.3) is 6.71 Å². The molecule has 0 saturated heterocycles. The third-order valence-corrected chi connectivity index (χ3v) is 9.32. The Balaban J connectivity index is 1.31. The lowest BCUT2D eigenvalue weighted by molar-refractivity contribution is 0.426. The molecule has 4 aromatic rings. The van der Waals surface area contributed by atoms with Crippen molar-refractivity contribution in [3.05, 3.63) is 84.7 Å². The van der Waals surface area contributed by atoms with Crippen molar-refractivity contribution in [1.29, 1.82) is 0 Å². The Morgan fingerprint density at radius 1 is 0.722 bits per heavy atom. The fraction of sp³-hybridized carbons (Fsp3) is 0.200. The summed E-state index contributed by atoms with van der Waals surface area (Å²) in [5.74, 6) is 3.46. The molecule has 0 bridgehead atoms. The van der Waals surface area contributed by atoms with E-state index in [1.807, 2.05) is 30.5 Å². The van der Waals surface area contributed by atoms with E-state index in [0.29, 0.717) is 0 Å². The van der Waals surface area contributed by atoms with Crippen molar-refractivity contribution >= 4 is 39.9 Å². The molecule has 176 valence electrons. The van der Waals surface area contributed by atoms with Crippen LogP contribution >= 0.6 is 11.8 Å². The molecule has 0 amide bonds. The van der Waals surface area contributed by atoms with Crippen molar-refractivity contribution in [3.63, 3.8) is 0 Å². The van der Waals surface area contributed by atoms with Gasteiger partial charge in [-0.05, 0) is 74.5 Å². The highest BCUT2D eigenvalue weighted by Crippen LogP contribution is 2.46. The van der Waals surface area contributed by atoms with Gasteiger partial charge in [0, 0.05) is 22.0 Å². The van der Waals surface area contributed by atoms with Gasteiger partial charge in [-0.3, -0.25) is 9.98 Å². The van der Waals surface area contributed by atoms with Gasteiger partial charge in [0.2, 0.25) is 0 Å². The number of thioether (sulfide) groups is 1. The van der Waals surface area contributed by atoms with Crippen LogP contribution in [-0.2, 0) is 0 Å². The van der Waals surface area contributed by atoms with Crippen LogP contribution in [0.4, 0.5) is 0 Å². The van der Waals surface area contributed by atoms with E-state index in [2.05, 4.69) is 76.2 Å². The minimum atomic E-state index is -0.133. The van der Waals surface area contributed by atoms with Crippen LogP contribution in [0.5, 0.6) is 23.0 Å². The summed E-state index contributed by atoms with van der Waals surface area (Å²) in [4.78, 5) is 9.77. The number of nitrogens with zero attached hydrogens (tertiary/aromatic N) is 2. The van der Waals surface area contributed by atoms with Gasteiger partial charge < -0.3 is 9.47 Å². The third kappa shape index (κ3) is 3.17. The molecule has 1 aromatic heterocycles. The first-order chi connectivity index (χ1) is 17.3. The van der Waals surface area contributed by atoms with Gasteiger partial charge in [0.15, 0.2) is 0 Å². The molecule has 0 radical (unpaired) electrons. The molecule has 7 rings (SSSR count). The van der Waals surface area contributed by atoms with Gasteiger partial charge >= 0.3 is 0 Å². The van der Waals surface area contributed by atoms with Crippen LogP contribution in [0.2, 0.25) is 0 Å². The number of rotatable bonds is 2. The van der Waals surface area contributed by atoms with Crippen LogP contribution in [0.15, 0.2) is 84.0 Å². The van der Waals surface area contributed by atoms with E-state index in [1.54, 1.807) is 11.8 Å². The Bertz CT molecular complexity index is 1510. The van der Waals surface area contributed by atoms with Gasteiger partial charge in [-0.2, -0.15) is 0 Å². The summed E-state index contributed by atoms with van der Waals surface area (Å²) >= 11 is 1.80. The fourth-order valence-corrected chi connectivity index (χ4v) is 6.42. The highest BCUT2D eigenvalue weighted by atomic mass is 32.2. The monoisotopic (exact) mass is 488 g/mol. The molecular formula is C30H25BN2O2S. The van der Waals surface area contributed by atoms with Crippen molar-refractivity contribution in [2.75, 3.05) is 0 Å². The number of fused-ring (bicyclic) bond motifs is 4. The largest absolute Gasteiger partial charge is 0.458 e. The average Bonchev–Trinajstić information content (AvgIpc) is 3.10. The fourth-order valence-electron chi connectivity index (χ4n) is 5.14. The minimum Gasteiger partial charge on any atom is -0.458 e. The normalized spacial score (nSPS) is 17.8. The quantitative estimate of drug-likeness (QED) is 0.301. The molecule has 0 N–H and O–H groups in total. The van der Waals surface area contributed by atoms with Crippen LogP contribution in [-0.4, -0.2) is 27.0 Å². The number of ether oxygens (including phenoxy) is 2. The maximum Gasteiger partial charge on any atom is 0.260 e. The lowest BCUT2D eigenvalue weighted by Crippen LogP contribution is -2.57. The SMILES string of the molecule is CC1(C)N=C(c2ccc(-c3cc4c5c(c3)Oc3ccccc3B5c3ccccc3O4)cn2)SC1(C)C. The van der Waals surface area contributed by atoms with Crippen LogP contribution in [0.25, 0.3) is 11.1 Å². The van der Waals surface area contributed by atoms with E-state index in [4.69, 9.17) is 19.5 Å². The Morgan fingerprint density at radius 3 is 1.86 bits per heavy atom. The van der Waals surface area contributed by atoms with E-state index in [0.717, 1.165) is 50.3 Å². The van der Waals surface area contributed by atoms with E-state index < -0.39 is 0 Å². The predicted octanol–water partition coefficient (Wildman–Crippen LogP) is 5.53. The second-order valence-electron chi connectivity index (χ2n) is 10.6. The molecule has 36 heavy (non-hydrogen) atoms. The summed E-state index contributed by atoms with van der Waals surface area (Å²) in [7, 11) is 0. The zero-order valence-electron chi connectivity index (χ0n) is 20.7. The van der Waals surface area contributed by atoms with E-state index in [9.17, 15) is 0 Å². The Morgan fingerprint density at radius 2 is 1.33 bits per heavy atom. The molecule has 4 heterocycles. The number of pyridine rings is 1. The number of hydrogen-bond donors (Lipinski definition) is 0. The molecule has 0 spiro atoms. The highest BCUT2D eigenvalue weighted by Gasteiger charge is 2.44. The second kappa shape index (κ2) is 7.50. The molecule has 0 fully saturated rings. The Labute approximate surface area is 215 Å². The van der Waals surface area contributed by atoms with Crippen LogP contribution in [0.3, 0.4) is 0 Å². The summed E-state index contributed by atoms with van der Waals surface area (Å²) in [6, 6.07) is 25.0. The van der Waals surface area contributed by atoms with Crippen LogP contribution in [0, 0.1) is 0 Å². The average molecular weight is 488 g/mol. The van der Waals surface area contributed by atoms with E-state index >= 15 is 0 Å². The maximum absolute atomic E-state index is 6.43. The maximum atomic E-state index is 6.43. The first kappa shape index (κ1) is 21.8. The number of benzene rings is 3. The van der Waals surface area contributed by atoms with Gasteiger partial charge in [0.1, 0.15) is 28.0 Å². The van der Waals surface area contributed by atoms with Crippen molar-refractivity contribution in [1.82, 2.24) is 4.98 Å². The molecule has 3 aliphatic heterocycles. The molecule has 3 aromatic carbocycles. The predicted molar refractivity (Wildman–Crippen MR) is 150 cm³/mol. The molecule has 3 aliphatic rings. The molecular weight excluding hydrogens is 463 g/mol. The van der Waals surface area contributed by atoms with E-state index in [1.165, 1.54) is 10.9 Å². The van der Waals surface area contributed by atoms with Crippen molar-refractivity contribution in [2.24, 2.45) is 4.99 Å². The molecule has 4 nitrogen and oxygen atoms in total. The number of para-hydroxylation sites is 2. The molecule has 0 aliphatic carbocycles. The summed E-state index contributed by atoms with van der Waals surface area (Å²) in [5, 5.41) is 1.000. The number of aromatic nitrogens is 1. The van der Waals surface area contributed by atoms with Gasteiger partial charge in [0.05, 0.1) is 11.2 Å². The molecule has 0 atom stereocenters. The first-order valence-corrected chi connectivity index (χ1v) is 13.1. The molecule has 0 saturated carbocycles. The molecule has 0 unspecified atom stereocenters. The minimum absolute atomic E-state index is 0.0294. The topological polar surface area (TPSA) is 43.7 Å². The smallest absolute Gasteiger partial charge is 0.260 e. The standard InChI is InChI=1S/C30H25BN2O2S/c1-29(2)30(3,4)36-28(33-29)22-14-13-18(17-32-22)19-15-25-27-26(16-19)35-24-12-8-6-10-21(24)31(27)20-9-5-7-11-23(20)34-25/h5-17H,1-4H3. The van der Waals surface area contributed by atoms with Crippen molar-refractivity contribution < 1.29 is 9.47 Å². The third-order valence-electron chi connectivity index (χ3n) is 7.81. The first-order valence-electron chi connectivity index (χ1n) is 12.3. The highest BCUT2D eigenvalue weighted by molar-refractivity contribution is 8.15. The van der Waals surface area contributed by atoms with Crippen LogP contribution < -0.4 is 25.9 Å². The summed E-state index contributed by atoms with van der Waals surface area (Å²) in [5.41, 5.74) is 6.23. The van der Waals surface area contributed by atoms with Gasteiger partial charge in [-0.15, -0.1) is 0 Å². The summed E-state index contributed by atoms with van der Waals surface area (Å²) < 4.78 is 12.9.